The van der Waals surface area contributed by atoms with E-state index >= 15 is 0 Å². The number of amides is 1. The Morgan fingerprint density at radius 1 is 1.13 bits per heavy atom. The average molecular weight is 440 g/mol. The van der Waals surface area contributed by atoms with E-state index in [1.165, 1.54) is 25.3 Å². The summed E-state index contributed by atoms with van der Waals surface area (Å²) < 4.78 is 18.0. The predicted molar refractivity (Wildman–Crippen MR) is 117 cm³/mol. The molecule has 1 fully saturated rings. The Kier molecular flexibility index (Phi) is 6.08. The third-order valence-electron chi connectivity index (χ3n) is 5.26. The summed E-state index contributed by atoms with van der Waals surface area (Å²) in [4.78, 5) is 31.6. The zero-order valence-corrected chi connectivity index (χ0v) is 17.7. The van der Waals surface area contributed by atoms with E-state index in [0.29, 0.717) is 30.5 Å². The second-order valence-electron chi connectivity index (χ2n) is 7.26. The zero-order chi connectivity index (χ0) is 22.0. The number of esters is 1. The molecule has 160 valence electrons. The number of nitrogens with zero attached hydrogens (tertiary/aromatic N) is 2. The van der Waals surface area contributed by atoms with Gasteiger partial charge in [0, 0.05) is 36.2 Å². The minimum absolute atomic E-state index is 0.0940. The number of hydrogen-bond acceptors (Lipinski definition) is 6. The van der Waals surface area contributed by atoms with E-state index in [4.69, 9.17) is 4.74 Å². The molecular weight excluding hydrogens is 419 g/mol. The number of halogens is 1. The number of fused-ring (bicyclic) bond motifs is 1. The first-order valence-electron chi connectivity index (χ1n) is 9.82. The number of carbonyl (C=O) groups is 2. The standard InChI is InChI=1S/C23H21FN2O4S/c1-30-23(29)19-12-18(22(28)26-6-8-31-9-7-26)17-11-15(13-25-20(17)21(19)27)10-14-2-4-16(24)5-3-14/h2-5,11-13,27H,6-10H2,1H3. The van der Waals surface area contributed by atoms with Crippen molar-refractivity contribution >= 4 is 34.5 Å². The van der Waals surface area contributed by atoms with E-state index < -0.39 is 5.97 Å². The van der Waals surface area contributed by atoms with Crippen molar-refractivity contribution in [1.29, 1.82) is 0 Å². The van der Waals surface area contributed by atoms with Gasteiger partial charge in [0.2, 0.25) is 0 Å². The van der Waals surface area contributed by atoms with E-state index in [-0.39, 0.29) is 28.6 Å². The Morgan fingerprint density at radius 2 is 1.84 bits per heavy atom. The molecule has 4 rings (SSSR count). The maximum absolute atomic E-state index is 13.3. The molecule has 6 nitrogen and oxygen atoms in total. The predicted octanol–water partition coefficient (Wildman–Crippen LogP) is 3.65. The topological polar surface area (TPSA) is 79.7 Å². The lowest BCUT2D eigenvalue weighted by atomic mass is 9.98. The molecule has 0 bridgehead atoms. The molecule has 2 aromatic carbocycles. The van der Waals surface area contributed by atoms with E-state index in [0.717, 1.165) is 22.6 Å². The molecule has 0 saturated carbocycles. The second kappa shape index (κ2) is 8.93. The molecule has 1 saturated heterocycles. The second-order valence-corrected chi connectivity index (χ2v) is 8.48. The molecule has 2 heterocycles. The highest BCUT2D eigenvalue weighted by Crippen LogP contribution is 2.33. The summed E-state index contributed by atoms with van der Waals surface area (Å²) in [5, 5.41) is 11.1. The molecule has 1 amide bonds. The van der Waals surface area contributed by atoms with Crippen molar-refractivity contribution in [2.75, 3.05) is 31.7 Å². The number of phenolic OH excluding ortho intramolecular Hbond substituents is 1. The van der Waals surface area contributed by atoms with Crippen molar-refractivity contribution in [2.24, 2.45) is 0 Å². The van der Waals surface area contributed by atoms with Gasteiger partial charge in [-0.15, -0.1) is 0 Å². The Labute approximate surface area is 183 Å². The van der Waals surface area contributed by atoms with Crippen LogP contribution < -0.4 is 0 Å². The van der Waals surface area contributed by atoms with E-state index in [1.807, 2.05) is 0 Å². The lowest BCUT2D eigenvalue weighted by Gasteiger charge is -2.27. The number of ether oxygens (including phenoxy) is 1. The minimum Gasteiger partial charge on any atom is -0.505 e. The SMILES string of the molecule is COC(=O)c1cc(C(=O)N2CCSCC2)c2cc(Cc3ccc(F)cc3)cnc2c1O. The van der Waals surface area contributed by atoms with Gasteiger partial charge in [0.15, 0.2) is 5.75 Å². The van der Waals surface area contributed by atoms with Crippen LogP contribution in [0, 0.1) is 5.82 Å². The van der Waals surface area contributed by atoms with Gasteiger partial charge in [-0.25, -0.2) is 9.18 Å². The largest absolute Gasteiger partial charge is 0.505 e. The fourth-order valence-corrected chi connectivity index (χ4v) is 4.54. The Balaban J connectivity index is 1.82. The van der Waals surface area contributed by atoms with Crippen LogP contribution in [0.5, 0.6) is 5.75 Å². The number of pyridine rings is 1. The molecule has 31 heavy (non-hydrogen) atoms. The molecule has 1 aliphatic heterocycles. The summed E-state index contributed by atoms with van der Waals surface area (Å²) >= 11 is 1.79. The molecule has 0 aliphatic carbocycles. The van der Waals surface area contributed by atoms with Gasteiger partial charge in [-0.2, -0.15) is 11.8 Å². The lowest BCUT2D eigenvalue weighted by Crippen LogP contribution is -2.38. The van der Waals surface area contributed by atoms with Crippen LogP contribution in [0.4, 0.5) is 4.39 Å². The quantitative estimate of drug-likeness (QED) is 0.624. The highest BCUT2D eigenvalue weighted by Gasteiger charge is 2.26. The molecule has 1 aromatic heterocycles. The first-order valence-corrected chi connectivity index (χ1v) is 11.0. The number of benzene rings is 2. The number of carbonyl (C=O) groups excluding carboxylic acids is 2. The molecule has 0 spiro atoms. The van der Waals surface area contributed by atoms with Gasteiger partial charge in [-0.1, -0.05) is 12.1 Å². The van der Waals surface area contributed by atoms with Crippen molar-refractivity contribution in [1.82, 2.24) is 9.88 Å². The third kappa shape index (κ3) is 4.34. The fraction of sp³-hybridized carbons (Fsp3) is 0.261. The van der Waals surface area contributed by atoms with E-state index in [2.05, 4.69) is 4.98 Å². The van der Waals surface area contributed by atoms with Crippen LogP contribution in [0.1, 0.15) is 31.8 Å². The Bertz CT molecular complexity index is 1140. The number of phenols is 1. The molecule has 3 aromatic rings. The van der Waals surface area contributed by atoms with Crippen molar-refractivity contribution in [2.45, 2.75) is 6.42 Å². The molecule has 0 unspecified atom stereocenters. The fourth-order valence-electron chi connectivity index (χ4n) is 3.63. The number of aromatic hydroxyl groups is 1. The summed E-state index contributed by atoms with van der Waals surface area (Å²) in [6.07, 6.45) is 2.06. The van der Waals surface area contributed by atoms with Gasteiger partial charge >= 0.3 is 5.97 Å². The summed E-state index contributed by atoms with van der Waals surface area (Å²) in [6.45, 7) is 1.23. The highest BCUT2D eigenvalue weighted by molar-refractivity contribution is 7.99. The molecule has 8 heteroatoms. The first-order chi connectivity index (χ1) is 15.0. The van der Waals surface area contributed by atoms with Gasteiger partial charge in [0.05, 0.1) is 12.7 Å². The number of methoxy groups -OCH3 is 1. The molecule has 1 N–H and O–H groups in total. The number of aromatic nitrogens is 1. The van der Waals surface area contributed by atoms with E-state index in [1.54, 1.807) is 41.1 Å². The summed E-state index contributed by atoms with van der Waals surface area (Å²) in [6, 6.07) is 9.34. The van der Waals surface area contributed by atoms with Crippen LogP contribution in [0.15, 0.2) is 42.6 Å². The van der Waals surface area contributed by atoms with Gasteiger partial charge in [0.25, 0.3) is 5.91 Å². The number of hydrogen-bond donors (Lipinski definition) is 1. The van der Waals surface area contributed by atoms with Crippen molar-refractivity contribution in [3.8, 4) is 5.75 Å². The van der Waals surface area contributed by atoms with Crippen LogP contribution in [0.25, 0.3) is 10.9 Å². The Morgan fingerprint density at radius 3 is 2.52 bits per heavy atom. The summed E-state index contributed by atoms with van der Waals surface area (Å²) in [7, 11) is 1.22. The lowest BCUT2D eigenvalue weighted by molar-refractivity contribution is 0.0597. The smallest absolute Gasteiger partial charge is 0.341 e. The van der Waals surface area contributed by atoms with Crippen molar-refractivity contribution in [3.05, 3.63) is 70.7 Å². The van der Waals surface area contributed by atoms with Gasteiger partial charge in [-0.3, -0.25) is 9.78 Å². The van der Waals surface area contributed by atoms with Crippen LogP contribution in [0.2, 0.25) is 0 Å². The van der Waals surface area contributed by atoms with Gasteiger partial charge in [0.1, 0.15) is 16.9 Å². The number of thioether (sulfide) groups is 1. The first kappa shape index (κ1) is 21.1. The van der Waals surface area contributed by atoms with E-state index in [9.17, 15) is 19.1 Å². The van der Waals surface area contributed by atoms with Crippen LogP contribution >= 0.6 is 11.8 Å². The number of rotatable bonds is 4. The van der Waals surface area contributed by atoms with Crippen molar-refractivity contribution < 1.29 is 23.8 Å². The monoisotopic (exact) mass is 440 g/mol. The molecular formula is C23H21FN2O4S. The summed E-state index contributed by atoms with van der Waals surface area (Å²) in [5.74, 6) is 0.115. The minimum atomic E-state index is -0.736. The third-order valence-corrected chi connectivity index (χ3v) is 6.20. The van der Waals surface area contributed by atoms with Crippen LogP contribution in [-0.4, -0.2) is 58.6 Å². The van der Waals surface area contributed by atoms with Crippen molar-refractivity contribution in [3.63, 3.8) is 0 Å². The Hall–Kier alpha value is -3.13. The van der Waals surface area contributed by atoms with Gasteiger partial charge in [-0.05, 0) is 41.8 Å². The maximum atomic E-state index is 13.3. The highest BCUT2D eigenvalue weighted by atomic mass is 32.2. The molecule has 1 aliphatic rings. The summed E-state index contributed by atoms with van der Waals surface area (Å²) in [5.41, 5.74) is 2.06. The zero-order valence-electron chi connectivity index (χ0n) is 16.9. The van der Waals surface area contributed by atoms with Crippen LogP contribution in [0.3, 0.4) is 0 Å². The van der Waals surface area contributed by atoms with Crippen LogP contribution in [-0.2, 0) is 11.2 Å². The average Bonchev–Trinajstić information content (AvgIpc) is 2.80. The molecule has 0 radical (unpaired) electrons. The maximum Gasteiger partial charge on any atom is 0.341 e. The normalized spacial score (nSPS) is 13.9. The van der Waals surface area contributed by atoms with Gasteiger partial charge < -0.3 is 14.7 Å². The molecule has 0 atom stereocenters.